The number of cyclic esters (lactones) is 1. The van der Waals surface area contributed by atoms with E-state index >= 15 is 0 Å². The Kier molecular flexibility index (Phi) is 8.31. The lowest BCUT2D eigenvalue weighted by atomic mass is 9.99. The first-order chi connectivity index (χ1) is 16.6. The van der Waals surface area contributed by atoms with Gasteiger partial charge in [0, 0.05) is 48.6 Å². The van der Waals surface area contributed by atoms with Crippen LogP contribution in [0.1, 0.15) is 35.7 Å². The largest absolute Gasteiger partial charge is 0.444 e. The number of benzene rings is 2. The van der Waals surface area contributed by atoms with Crippen molar-refractivity contribution in [3.8, 4) is 0 Å². The molecule has 2 heterocycles. The standard InChI is InChI=1S/C25H32N4O4S/c1-3-34-15-12-26-24(30)18-8-9-23(21(16-18)27-32-2)28-13-10-20(11-14-28)29-22-7-5-4-6-19(22)17-33-25(29)31/h4-9,16,20,27H,3,10-15,17H2,1-2H3,(H,26,30)/p+1. The highest BCUT2D eigenvalue weighted by atomic mass is 32.2. The van der Waals surface area contributed by atoms with Crippen LogP contribution in [-0.4, -0.2) is 56.3 Å². The summed E-state index contributed by atoms with van der Waals surface area (Å²) in [5.41, 5.74) is 6.21. The molecule has 1 fully saturated rings. The number of thioether (sulfide) groups is 1. The number of para-hydroxylation sites is 1. The van der Waals surface area contributed by atoms with Gasteiger partial charge in [-0.25, -0.2) is 9.63 Å². The van der Waals surface area contributed by atoms with Gasteiger partial charge in [-0.05, 0) is 36.8 Å². The highest BCUT2D eigenvalue weighted by molar-refractivity contribution is 7.99. The summed E-state index contributed by atoms with van der Waals surface area (Å²) in [7, 11) is 1.62. The van der Waals surface area contributed by atoms with Crippen molar-refractivity contribution in [2.24, 2.45) is 0 Å². The van der Waals surface area contributed by atoms with E-state index < -0.39 is 0 Å². The van der Waals surface area contributed by atoms with Crippen molar-refractivity contribution in [2.45, 2.75) is 32.4 Å². The molecule has 4 rings (SSSR count). The Morgan fingerprint density at radius 3 is 2.76 bits per heavy atom. The Balaban J connectivity index is 1.43. The number of quaternary nitrogens is 1. The topological polar surface area (TPSA) is 87.7 Å². The highest BCUT2D eigenvalue weighted by Crippen LogP contribution is 2.33. The van der Waals surface area contributed by atoms with Gasteiger partial charge >= 0.3 is 6.09 Å². The lowest BCUT2D eigenvalue weighted by Gasteiger charge is -2.40. The molecule has 0 radical (unpaired) electrons. The van der Waals surface area contributed by atoms with Crippen molar-refractivity contribution in [3.05, 3.63) is 53.6 Å². The van der Waals surface area contributed by atoms with E-state index in [1.807, 2.05) is 47.4 Å². The maximum Gasteiger partial charge on any atom is 0.414 e. The van der Waals surface area contributed by atoms with Gasteiger partial charge in [0.15, 0.2) is 5.69 Å². The molecule has 3 N–H and O–H groups in total. The van der Waals surface area contributed by atoms with E-state index in [9.17, 15) is 9.59 Å². The van der Waals surface area contributed by atoms with Gasteiger partial charge in [0.25, 0.3) is 5.91 Å². The van der Waals surface area contributed by atoms with Gasteiger partial charge in [-0.3, -0.25) is 9.69 Å². The third-order valence-electron chi connectivity index (χ3n) is 6.24. The lowest BCUT2D eigenvalue weighted by Crippen LogP contribution is -2.76. The highest BCUT2D eigenvalue weighted by Gasteiger charge is 2.34. The number of hydrogen-bond acceptors (Lipinski definition) is 6. The molecule has 182 valence electrons. The first kappa shape index (κ1) is 24.4. The van der Waals surface area contributed by atoms with E-state index in [-0.39, 0.29) is 18.0 Å². The van der Waals surface area contributed by atoms with Crippen LogP contribution in [0.4, 0.5) is 21.9 Å². The van der Waals surface area contributed by atoms with Crippen LogP contribution in [0, 0.1) is 0 Å². The van der Waals surface area contributed by atoms with E-state index in [1.165, 1.54) is 0 Å². The first-order valence-electron chi connectivity index (χ1n) is 11.8. The lowest BCUT2D eigenvalue weighted by molar-refractivity contribution is -0.829. The minimum absolute atomic E-state index is 0.0741. The molecule has 1 saturated heterocycles. The zero-order valence-corrected chi connectivity index (χ0v) is 20.6. The zero-order valence-electron chi connectivity index (χ0n) is 19.8. The molecule has 0 spiro atoms. The third-order valence-corrected chi connectivity index (χ3v) is 7.14. The van der Waals surface area contributed by atoms with Crippen LogP contribution < -0.4 is 20.6 Å². The molecule has 2 amide bonds. The van der Waals surface area contributed by atoms with Crippen LogP contribution in [0.5, 0.6) is 0 Å². The maximum atomic E-state index is 12.6. The number of carbonyl (C=O) groups excluding carboxylic acids is 2. The minimum Gasteiger partial charge on any atom is -0.444 e. The van der Waals surface area contributed by atoms with E-state index in [0.29, 0.717) is 18.7 Å². The molecule has 0 atom stereocenters. The monoisotopic (exact) mass is 485 g/mol. The Labute approximate surface area is 204 Å². The first-order valence-corrected chi connectivity index (χ1v) is 12.9. The fourth-order valence-corrected chi connectivity index (χ4v) is 5.11. The number of amides is 2. The van der Waals surface area contributed by atoms with Gasteiger partial charge < -0.3 is 15.0 Å². The molecule has 0 saturated carbocycles. The number of hydrogen-bond donors (Lipinski definition) is 2. The van der Waals surface area contributed by atoms with E-state index in [1.54, 1.807) is 24.4 Å². The summed E-state index contributed by atoms with van der Waals surface area (Å²) in [4.78, 5) is 34.6. The van der Waals surface area contributed by atoms with Crippen LogP contribution in [-0.2, 0) is 16.2 Å². The molecule has 9 heteroatoms. The Morgan fingerprint density at radius 1 is 1.21 bits per heavy atom. The van der Waals surface area contributed by atoms with Gasteiger partial charge in [-0.15, -0.1) is 0 Å². The van der Waals surface area contributed by atoms with Crippen molar-refractivity contribution < 1.29 is 24.6 Å². The summed E-state index contributed by atoms with van der Waals surface area (Å²) >= 11 is 1.80. The maximum absolute atomic E-state index is 12.6. The fraction of sp³-hybridized carbons (Fsp3) is 0.440. The number of nitrogens with one attached hydrogen (secondary N) is 1. The normalized spacial score (nSPS) is 16.2. The van der Waals surface area contributed by atoms with Crippen LogP contribution in [0.15, 0.2) is 42.5 Å². The van der Waals surface area contributed by atoms with Crippen molar-refractivity contribution >= 4 is 40.8 Å². The van der Waals surface area contributed by atoms with Crippen LogP contribution >= 0.6 is 11.8 Å². The second-order valence-electron chi connectivity index (χ2n) is 8.35. The molecule has 34 heavy (non-hydrogen) atoms. The molecular formula is C25H33N4O4S+. The summed E-state index contributed by atoms with van der Waals surface area (Å²) in [6.45, 7) is 4.68. The molecule has 2 aliphatic rings. The number of ether oxygens (including phenoxy) is 1. The Hall–Kier alpha value is -2.75. The van der Waals surface area contributed by atoms with E-state index in [0.717, 1.165) is 60.1 Å². The number of fused-ring (bicyclic) bond motifs is 1. The van der Waals surface area contributed by atoms with Gasteiger partial charge in [-0.1, -0.05) is 25.1 Å². The van der Waals surface area contributed by atoms with Crippen molar-refractivity contribution in [3.63, 3.8) is 0 Å². The number of piperidine rings is 1. The summed E-state index contributed by atoms with van der Waals surface area (Å²) in [6, 6.07) is 13.8. The third kappa shape index (κ3) is 5.48. The number of carbonyl (C=O) groups is 2. The average molecular weight is 486 g/mol. The molecule has 0 aromatic heterocycles. The molecule has 2 aromatic carbocycles. The summed E-state index contributed by atoms with van der Waals surface area (Å²) in [5.74, 6) is 1.87. The van der Waals surface area contributed by atoms with Crippen LogP contribution in [0.2, 0.25) is 0 Å². The van der Waals surface area contributed by atoms with Gasteiger partial charge in [0.05, 0.1) is 12.8 Å². The van der Waals surface area contributed by atoms with Crippen LogP contribution in [0.25, 0.3) is 0 Å². The predicted molar refractivity (Wildman–Crippen MR) is 135 cm³/mol. The summed E-state index contributed by atoms with van der Waals surface area (Å²) in [5, 5.41) is 2.98. The number of anilines is 2. The second-order valence-corrected chi connectivity index (χ2v) is 9.75. The second kappa shape index (κ2) is 11.6. The smallest absolute Gasteiger partial charge is 0.414 e. The van der Waals surface area contributed by atoms with Gasteiger partial charge in [0.1, 0.15) is 12.3 Å². The van der Waals surface area contributed by atoms with Gasteiger partial charge in [-0.2, -0.15) is 17.2 Å². The SMILES string of the molecule is CCSCCNC(=O)c1ccc(N2CCC(N3C(=O)OCc4ccccc43)CC2)c([NH2+]OC)c1. The molecule has 0 unspecified atom stereocenters. The quantitative estimate of drug-likeness (QED) is 0.323. The molecule has 0 aliphatic carbocycles. The number of rotatable bonds is 9. The Bertz CT molecular complexity index is 1010. The molecule has 2 aliphatic heterocycles. The average Bonchev–Trinajstić information content (AvgIpc) is 2.87. The van der Waals surface area contributed by atoms with E-state index in [2.05, 4.69) is 17.1 Å². The molecule has 0 bridgehead atoms. The van der Waals surface area contributed by atoms with E-state index in [4.69, 9.17) is 9.57 Å². The zero-order chi connectivity index (χ0) is 23.9. The molecule has 8 nitrogen and oxygen atoms in total. The number of nitrogens with two attached hydrogens (primary N) is 1. The van der Waals surface area contributed by atoms with Gasteiger partial charge in [0.2, 0.25) is 0 Å². The summed E-state index contributed by atoms with van der Waals surface area (Å²) < 4.78 is 5.42. The van der Waals surface area contributed by atoms with Crippen molar-refractivity contribution in [2.75, 3.05) is 48.0 Å². The Morgan fingerprint density at radius 2 is 2.00 bits per heavy atom. The minimum atomic E-state index is -0.266. The fourth-order valence-electron chi connectivity index (χ4n) is 4.57. The number of nitrogens with zero attached hydrogens (tertiary/aromatic N) is 2. The predicted octanol–water partition coefficient (Wildman–Crippen LogP) is 3.05. The van der Waals surface area contributed by atoms with Crippen LogP contribution in [0.3, 0.4) is 0 Å². The summed E-state index contributed by atoms with van der Waals surface area (Å²) in [6.07, 6.45) is 1.39. The van der Waals surface area contributed by atoms with Crippen molar-refractivity contribution in [1.29, 1.82) is 0 Å². The van der Waals surface area contributed by atoms with Crippen molar-refractivity contribution in [1.82, 2.24) is 5.32 Å². The molecular weight excluding hydrogens is 452 g/mol. The molecule has 2 aromatic rings.